The number of alkyl halides is 3. The minimum absolute atomic E-state index is 0.0882. The van der Waals surface area contributed by atoms with E-state index in [2.05, 4.69) is 20.0 Å². The van der Waals surface area contributed by atoms with E-state index in [4.69, 9.17) is 0 Å². The number of carbonyl (C=O) groups excluding carboxylic acids is 1. The number of benzene rings is 1. The second-order valence-electron chi connectivity index (χ2n) is 7.15. The number of nitrogens with zero attached hydrogens (tertiary/aromatic N) is 3. The normalized spacial score (nSPS) is 17.1. The van der Waals surface area contributed by atoms with Gasteiger partial charge in [0.05, 0.1) is 5.92 Å². The van der Waals surface area contributed by atoms with Gasteiger partial charge in [-0.25, -0.2) is 9.97 Å². The smallest absolute Gasteiger partial charge is 0.406 e. The second kappa shape index (κ2) is 8.67. The van der Waals surface area contributed by atoms with Crippen LogP contribution in [0.1, 0.15) is 29.8 Å². The topological polar surface area (TPSA) is 67.4 Å². The average molecular weight is 408 g/mol. The molecule has 0 spiro atoms. The molecule has 1 aromatic carbocycles. The maximum Gasteiger partial charge on any atom is 0.573 e. The average Bonchev–Trinajstić information content (AvgIpc) is 2.65. The SMILES string of the molecule is Cc1cc(C)nc(N2CCC[C@H](C(=O)NCc3ccc(OC(F)(F)F)cc3)C2)n1. The number of carbonyl (C=O) groups is 1. The lowest BCUT2D eigenvalue weighted by Gasteiger charge is -2.32. The molecule has 3 rings (SSSR count). The molecule has 1 aliphatic heterocycles. The molecule has 29 heavy (non-hydrogen) atoms. The maximum atomic E-state index is 12.6. The Kier molecular flexibility index (Phi) is 6.24. The molecular formula is C20H23F3N4O2. The van der Waals surface area contributed by atoms with Gasteiger partial charge in [-0.3, -0.25) is 4.79 Å². The Labute approximate surface area is 167 Å². The first-order valence-electron chi connectivity index (χ1n) is 9.39. The van der Waals surface area contributed by atoms with Crippen molar-refractivity contribution in [2.45, 2.75) is 39.6 Å². The van der Waals surface area contributed by atoms with Crippen molar-refractivity contribution in [3.05, 3.63) is 47.3 Å². The van der Waals surface area contributed by atoms with E-state index in [0.717, 1.165) is 30.8 Å². The molecule has 6 nitrogen and oxygen atoms in total. The zero-order valence-electron chi connectivity index (χ0n) is 16.3. The largest absolute Gasteiger partial charge is 0.573 e. The molecule has 1 aliphatic rings. The number of ether oxygens (including phenoxy) is 1. The van der Waals surface area contributed by atoms with Gasteiger partial charge in [0.15, 0.2) is 0 Å². The quantitative estimate of drug-likeness (QED) is 0.820. The zero-order valence-corrected chi connectivity index (χ0v) is 16.3. The summed E-state index contributed by atoms with van der Waals surface area (Å²) >= 11 is 0. The van der Waals surface area contributed by atoms with Crippen LogP contribution in [-0.2, 0) is 11.3 Å². The fraction of sp³-hybridized carbons (Fsp3) is 0.450. The predicted molar refractivity (Wildman–Crippen MR) is 101 cm³/mol. The highest BCUT2D eigenvalue weighted by molar-refractivity contribution is 5.79. The third-order valence-electron chi connectivity index (χ3n) is 4.67. The lowest BCUT2D eigenvalue weighted by atomic mass is 9.97. The molecule has 0 bridgehead atoms. The van der Waals surface area contributed by atoms with Crippen molar-refractivity contribution >= 4 is 11.9 Å². The summed E-state index contributed by atoms with van der Waals surface area (Å²) in [6, 6.07) is 7.36. The lowest BCUT2D eigenvalue weighted by molar-refractivity contribution is -0.274. The molecule has 1 fully saturated rings. The molecule has 0 aliphatic carbocycles. The molecule has 2 aromatic rings. The van der Waals surface area contributed by atoms with E-state index in [-0.39, 0.29) is 24.1 Å². The third-order valence-corrected chi connectivity index (χ3v) is 4.67. The Bertz CT molecular complexity index is 836. The van der Waals surface area contributed by atoms with Crippen molar-refractivity contribution < 1.29 is 22.7 Å². The number of piperidine rings is 1. The van der Waals surface area contributed by atoms with Gasteiger partial charge in [-0.2, -0.15) is 0 Å². The highest BCUT2D eigenvalue weighted by Crippen LogP contribution is 2.23. The highest BCUT2D eigenvalue weighted by Gasteiger charge is 2.31. The van der Waals surface area contributed by atoms with Crippen molar-refractivity contribution in [1.29, 1.82) is 0 Å². The number of nitrogens with one attached hydrogen (secondary N) is 1. The molecule has 156 valence electrons. The van der Waals surface area contributed by atoms with Gasteiger partial charge in [0, 0.05) is 31.0 Å². The van der Waals surface area contributed by atoms with Crippen molar-refractivity contribution in [2.75, 3.05) is 18.0 Å². The van der Waals surface area contributed by atoms with Gasteiger partial charge in [-0.05, 0) is 50.5 Å². The van der Waals surface area contributed by atoms with Crippen LogP contribution in [0.3, 0.4) is 0 Å². The fourth-order valence-corrected chi connectivity index (χ4v) is 3.36. The number of halogens is 3. The third kappa shape index (κ3) is 6.07. The number of anilines is 1. The van der Waals surface area contributed by atoms with Crippen molar-refractivity contribution in [3.8, 4) is 5.75 Å². The first-order valence-corrected chi connectivity index (χ1v) is 9.39. The number of hydrogen-bond donors (Lipinski definition) is 1. The molecule has 1 saturated heterocycles. The minimum atomic E-state index is -4.72. The minimum Gasteiger partial charge on any atom is -0.406 e. The molecule has 0 saturated carbocycles. The molecular weight excluding hydrogens is 385 g/mol. The molecule has 2 heterocycles. The van der Waals surface area contributed by atoms with Crippen LogP contribution in [0.25, 0.3) is 0 Å². The van der Waals surface area contributed by atoms with Gasteiger partial charge in [-0.1, -0.05) is 12.1 Å². The summed E-state index contributed by atoms with van der Waals surface area (Å²) in [5, 5.41) is 2.86. The summed E-state index contributed by atoms with van der Waals surface area (Å²) in [6.45, 7) is 5.40. The summed E-state index contributed by atoms with van der Waals surface area (Å²) < 4.78 is 40.5. The van der Waals surface area contributed by atoms with Gasteiger partial charge in [0.2, 0.25) is 11.9 Å². The predicted octanol–water partition coefficient (Wildman–Crippen LogP) is 3.52. The van der Waals surface area contributed by atoms with Gasteiger partial charge < -0.3 is 15.0 Å². The van der Waals surface area contributed by atoms with Gasteiger partial charge in [-0.15, -0.1) is 13.2 Å². The Balaban J connectivity index is 1.55. The van der Waals surface area contributed by atoms with Crippen molar-refractivity contribution in [1.82, 2.24) is 15.3 Å². The van der Waals surface area contributed by atoms with E-state index in [9.17, 15) is 18.0 Å². The fourth-order valence-electron chi connectivity index (χ4n) is 3.36. The molecule has 1 aromatic heterocycles. The standard InChI is InChI=1S/C20H23F3N4O2/c1-13-10-14(2)26-19(25-13)27-9-3-4-16(12-27)18(28)24-11-15-5-7-17(8-6-15)29-20(21,22)23/h5-8,10,16H,3-4,9,11-12H2,1-2H3,(H,24,28)/t16-/m0/s1. The summed E-state index contributed by atoms with van der Waals surface area (Å²) in [5.41, 5.74) is 2.47. The second-order valence-corrected chi connectivity index (χ2v) is 7.15. The van der Waals surface area contributed by atoms with Crippen LogP contribution in [0.2, 0.25) is 0 Å². The molecule has 9 heteroatoms. The number of amides is 1. The van der Waals surface area contributed by atoms with Crippen LogP contribution >= 0.6 is 0 Å². The van der Waals surface area contributed by atoms with Crippen LogP contribution < -0.4 is 15.0 Å². The summed E-state index contributed by atoms with van der Waals surface area (Å²) in [7, 11) is 0. The Morgan fingerprint density at radius 3 is 2.48 bits per heavy atom. The van der Waals surface area contributed by atoms with E-state index < -0.39 is 6.36 Å². The van der Waals surface area contributed by atoms with Gasteiger partial charge in [0.1, 0.15) is 5.75 Å². The van der Waals surface area contributed by atoms with E-state index in [1.807, 2.05) is 24.8 Å². The van der Waals surface area contributed by atoms with Crippen molar-refractivity contribution in [3.63, 3.8) is 0 Å². The molecule has 1 amide bonds. The summed E-state index contributed by atoms with van der Waals surface area (Å²) in [5.74, 6) is 0.0693. The van der Waals surface area contributed by atoms with Crippen molar-refractivity contribution in [2.24, 2.45) is 5.92 Å². The molecule has 0 radical (unpaired) electrons. The van der Waals surface area contributed by atoms with E-state index in [0.29, 0.717) is 18.1 Å². The Morgan fingerprint density at radius 1 is 1.21 bits per heavy atom. The number of rotatable bonds is 5. The maximum absolute atomic E-state index is 12.6. The number of aryl methyl sites for hydroxylation is 2. The zero-order chi connectivity index (χ0) is 21.0. The molecule has 1 atom stereocenters. The van der Waals surface area contributed by atoms with E-state index in [1.54, 1.807) is 0 Å². The summed E-state index contributed by atoms with van der Waals surface area (Å²) in [6.07, 6.45) is -3.09. The molecule has 1 N–H and O–H groups in total. The van der Waals surface area contributed by atoms with Gasteiger partial charge >= 0.3 is 6.36 Å². The lowest BCUT2D eigenvalue weighted by Crippen LogP contribution is -2.43. The van der Waals surface area contributed by atoms with E-state index >= 15 is 0 Å². The first kappa shape index (κ1) is 20.9. The van der Waals surface area contributed by atoms with Crippen LogP contribution in [0, 0.1) is 19.8 Å². The van der Waals surface area contributed by atoms with Crippen LogP contribution in [0.5, 0.6) is 5.75 Å². The molecule has 0 unspecified atom stereocenters. The number of aromatic nitrogens is 2. The van der Waals surface area contributed by atoms with Gasteiger partial charge in [0.25, 0.3) is 0 Å². The van der Waals surface area contributed by atoms with Crippen LogP contribution in [0.15, 0.2) is 30.3 Å². The van der Waals surface area contributed by atoms with Crippen LogP contribution in [-0.4, -0.2) is 35.3 Å². The first-order chi connectivity index (χ1) is 13.7. The Morgan fingerprint density at radius 2 is 1.86 bits per heavy atom. The monoisotopic (exact) mass is 408 g/mol. The Hall–Kier alpha value is -2.84. The number of hydrogen-bond acceptors (Lipinski definition) is 5. The van der Waals surface area contributed by atoms with E-state index in [1.165, 1.54) is 24.3 Å². The summed E-state index contributed by atoms with van der Waals surface area (Å²) in [4.78, 5) is 23.5. The highest BCUT2D eigenvalue weighted by atomic mass is 19.4. The van der Waals surface area contributed by atoms with Crippen LogP contribution in [0.4, 0.5) is 19.1 Å².